The fourth-order valence-electron chi connectivity index (χ4n) is 7.64. The minimum absolute atomic E-state index is 0.308. The molecule has 0 aromatic rings. The summed E-state index contributed by atoms with van der Waals surface area (Å²) in [6, 6.07) is 0. The maximum atomic E-state index is 10.6. The second-order valence-electron chi connectivity index (χ2n) is 12.1. The van der Waals surface area contributed by atoms with E-state index in [0.29, 0.717) is 23.4 Å². The van der Waals surface area contributed by atoms with E-state index in [4.69, 9.17) is 4.74 Å². The maximum absolute atomic E-state index is 10.6. The maximum Gasteiger partial charge on any atom is 0.0824 e. The smallest absolute Gasteiger partial charge is 0.0824 e. The van der Waals surface area contributed by atoms with Crippen LogP contribution in [0, 0.1) is 34.5 Å². The molecule has 4 rings (SSSR count). The molecule has 0 heterocycles. The summed E-state index contributed by atoms with van der Waals surface area (Å²) < 4.78 is 5.97. The van der Waals surface area contributed by atoms with Gasteiger partial charge in [0.15, 0.2) is 0 Å². The Labute approximate surface area is 171 Å². The monoisotopic (exact) mass is 390 g/mol. The summed E-state index contributed by atoms with van der Waals surface area (Å²) in [5, 5.41) is 20.6. The molecule has 160 valence electrons. The first-order valence-electron chi connectivity index (χ1n) is 11.7. The number of aliphatic hydroxyl groups is 2. The average molecular weight is 391 g/mol. The van der Waals surface area contributed by atoms with Gasteiger partial charge in [0.1, 0.15) is 0 Å². The van der Waals surface area contributed by atoms with Crippen molar-refractivity contribution in [1.29, 1.82) is 0 Å². The molecule has 6 unspecified atom stereocenters. The van der Waals surface area contributed by atoms with Crippen molar-refractivity contribution in [2.75, 3.05) is 13.2 Å². The van der Waals surface area contributed by atoms with E-state index in [9.17, 15) is 10.2 Å². The summed E-state index contributed by atoms with van der Waals surface area (Å²) in [6.45, 7) is 11.9. The van der Waals surface area contributed by atoms with E-state index in [-0.39, 0.29) is 0 Å². The number of hydrogen-bond acceptors (Lipinski definition) is 3. The molecular formula is C25H42O3. The molecule has 3 fully saturated rings. The van der Waals surface area contributed by atoms with E-state index in [1.807, 2.05) is 20.8 Å². The van der Waals surface area contributed by atoms with Crippen LogP contribution in [0.2, 0.25) is 0 Å². The average Bonchev–Trinajstić information content (AvgIpc) is 2.91. The molecule has 4 aliphatic rings. The van der Waals surface area contributed by atoms with Crippen molar-refractivity contribution in [3.8, 4) is 0 Å². The molecule has 2 N–H and O–H groups in total. The van der Waals surface area contributed by atoms with Crippen LogP contribution in [-0.2, 0) is 4.74 Å². The van der Waals surface area contributed by atoms with Crippen LogP contribution >= 0.6 is 0 Å². The highest BCUT2D eigenvalue weighted by Crippen LogP contribution is 2.66. The van der Waals surface area contributed by atoms with Gasteiger partial charge in [-0.15, -0.1) is 0 Å². The molecule has 3 saturated carbocycles. The molecule has 0 bridgehead atoms. The van der Waals surface area contributed by atoms with Crippen molar-refractivity contribution in [2.24, 2.45) is 34.5 Å². The van der Waals surface area contributed by atoms with E-state index in [2.05, 4.69) is 19.9 Å². The Bertz CT molecular complexity index is 630. The predicted molar refractivity (Wildman–Crippen MR) is 113 cm³/mol. The lowest BCUT2D eigenvalue weighted by molar-refractivity contribution is -0.0831. The molecule has 3 nitrogen and oxygen atoms in total. The topological polar surface area (TPSA) is 49.7 Å². The SMILES string of the molecule is CC(C)(O)COCC1CCC2C3CC=C4C[C@@](C)(O)CCC4(C)C3CCC12C. The third-order valence-corrected chi connectivity index (χ3v) is 9.35. The van der Waals surface area contributed by atoms with Crippen LogP contribution in [0.5, 0.6) is 0 Å². The number of allylic oxidation sites excluding steroid dienone is 1. The summed E-state index contributed by atoms with van der Waals surface area (Å²) >= 11 is 0. The number of ether oxygens (including phenoxy) is 1. The third-order valence-electron chi connectivity index (χ3n) is 9.35. The standard InChI is InChI=1S/C25H42O3/c1-22(2,26)16-28-15-18-7-9-20-19-8-6-17-14-23(3,27)12-13-25(17,5)21(19)10-11-24(18,20)4/h6,18-21,26-27H,7-16H2,1-5H3/t18?,19?,20?,21?,23-,24?,25?/m0/s1. The molecule has 3 heteroatoms. The van der Waals surface area contributed by atoms with E-state index >= 15 is 0 Å². The van der Waals surface area contributed by atoms with Gasteiger partial charge in [-0.05, 0) is 107 Å². The lowest BCUT2D eigenvalue weighted by Crippen LogP contribution is -2.52. The van der Waals surface area contributed by atoms with E-state index < -0.39 is 11.2 Å². The van der Waals surface area contributed by atoms with Gasteiger partial charge in [0, 0.05) is 0 Å². The normalized spacial score (nSPS) is 48.5. The molecule has 7 atom stereocenters. The van der Waals surface area contributed by atoms with Gasteiger partial charge in [-0.1, -0.05) is 25.5 Å². The van der Waals surface area contributed by atoms with Crippen LogP contribution in [-0.4, -0.2) is 34.6 Å². The van der Waals surface area contributed by atoms with Gasteiger partial charge in [-0.25, -0.2) is 0 Å². The first-order valence-corrected chi connectivity index (χ1v) is 11.7. The highest BCUT2D eigenvalue weighted by Gasteiger charge is 2.59. The first-order chi connectivity index (χ1) is 12.9. The van der Waals surface area contributed by atoms with Gasteiger partial charge < -0.3 is 14.9 Å². The second kappa shape index (κ2) is 6.82. The van der Waals surface area contributed by atoms with Crippen molar-refractivity contribution >= 4 is 0 Å². The highest BCUT2D eigenvalue weighted by atomic mass is 16.5. The molecule has 0 radical (unpaired) electrons. The summed E-state index contributed by atoms with van der Waals surface area (Å²) in [6.07, 6.45) is 12.0. The van der Waals surface area contributed by atoms with Crippen molar-refractivity contribution in [2.45, 2.75) is 97.2 Å². The summed E-state index contributed by atoms with van der Waals surface area (Å²) in [5.74, 6) is 3.03. The Morgan fingerprint density at radius 2 is 1.82 bits per heavy atom. The van der Waals surface area contributed by atoms with Crippen LogP contribution in [0.1, 0.15) is 86.0 Å². The van der Waals surface area contributed by atoms with Gasteiger partial charge in [0.05, 0.1) is 24.4 Å². The molecule has 0 aliphatic heterocycles. The number of hydrogen-bond donors (Lipinski definition) is 2. The molecule has 0 aromatic heterocycles. The van der Waals surface area contributed by atoms with E-state index in [0.717, 1.165) is 43.6 Å². The van der Waals surface area contributed by atoms with E-state index in [1.54, 1.807) is 5.57 Å². The van der Waals surface area contributed by atoms with Crippen LogP contribution < -0.4 is 0 Å². The summed E-state index contributed by atoms with van der Waals surface area (Å²) in [5.41, 5.74) is 1.01. The van der Waals surface area contributed by atoms with Crippen molar-refractivity contribution in [1.82, 2.24) is 0 Å². The molecule has 0 spiro atoms. The fourth-order valence-corrected chi connectivity index (χ4v) is 7.64. The van der Waals surface area contributed by atoms with E-state index in [1.165, 1.54) is 32.1 Å². The predicted octanol–water partition coefficient (Wildman–Crippen LogP) is 5.10. The lowest BCUT2D eigenvalue weighted by Gasteiger charge is -2.59. The van der Waals surface area contributed by atoms with Gasteiger partial charge in [-0.2, -0.15) is 0 Å². The zero-order valence-electron chi connectivity index (χ0n) is 18.8. The molecule has 0 saturated heterocycles. The van der Waals surface area contributed by atoms with Gasteiger partial charge >= 0.3 is 0 Å². The molecule has 4 aliphatic carbocycles. The zero-order valence-corrected chi connectivity index (χ0v) is 18.8. The van der Waals surface area contributed by atoms with Crippen LogP contribution in [0.4, 0.5) is 0 Å². The van der Waals surface area contributed by atoms with Crippen molar-refractivity contribution < 1.29 is 14.9 Å². The summed E-state index contributed by atoms with van der Waals surface area (Å²) in [4.78, 5) is 0. The first kappa shape index (κ1) is 20.9. The molecule has 28 heavy (non-hydrogen) atoms. The van der Waals surface area contributed by atoms with Crippen molar-refractivity contribution in [3.63, 3.8) is 0 Å². The van der Waals surface area contributed by atoms with Crippen LogP contribution in [0.3, 0.4) is 0 Å². The van der Waals surface area contributed by atoms with Crippen molar-refractivity contribution in [3.05, 3.63) is 11.6 Å². The van der Waals surface area contributed by atoms with Crippen LogP contribution in [0.15, 0.2) is 11.6 Å². The zero-order chi connectivity index (χ0) is 20.4. The summed E-state index contributed by atoms with van der Waals surface area (Å²) in [7, 11) is 0. The number of rotatable bonds is 4. The van der Waals surface area contributed by atoms with Crippen LogP contribution in [0.25, 0.3) is 0 Å². The Morgan fingerprint density at radius 3 is 2.54 bits per heavy atom. The van der Waals surface area contributed by atoms with Gasteiger partial charge in [-0.3, -0.25) is 0 Å². The van der Waals surface area contributed by atoms with Gasteiger partial charge in [0.2, 0.25) is 0 Å². The Kier molecular flexibility index (Phi) is 5.08. The lowest BCUT2D eigenvalue weighted by atomic mass is 9.47. The quantitative estimate of drug-likeness (QED) is 0.656. The van der Waals surface area contributed by atoms with Gasteiger partial charge in [0.25, 0.3) is 0 Å². The second-order valence-corrected chi connectivity index (χ2v) is 12.1. The third kappa shape index (κ3) is 3.50. The largest absolute Gasteiger partial charge is 0.390 e. The fraction of sp³-hybridized carbons (Fsp3) is 0.920. The Balaban J connectivity index is 1.49. The molecule has 0 aromatic carbocycles. The number of fused-ring (bicyclic) bond motifs is 5. The molecule has 0 amide bonds. The molecular weight excluding hydrogens is 348 g/mol. The Morgan fingerprint density at radius 1 is 1.07 bits per heavy atom. The minimum Gasteiger partial charge on any atom is -0.390 e. The Hall–Kier alpha value is -0.380. The minimum atomic E-state index is -0.738. The highest BCUT2D eigenvalue weighted by molar-refractivity contribution is 5.26.